The van der Waals surface area contributed by atoms with Crippen molar-refractivity contribution in [3.8, 4) is 11.8 Å². The predicted molar refractivity (Wildman–Crippen MR) is 92.8 cm³/mol. The largest absolute Gasteiger partial charge is 0.480 e. The van der Waals surface area contributed by atoms with E-state index in [1.54, 1.807) is 12.1 Å². The van der Waals surface area contributed by atoms with Crippen molar-refractivity contribution < 1.29 is 26.7 Å². The molecular weight excluding hydrogens is 380 g/mol. The molecule has 10 heteroatoms. The van der Waals surface area contributed by atoms with Crippen molar-refractivity contribution >= 4 is 10.0 Å². The lowest BCUT2D eigenvalue weighted by molar-refractivity contribution is 0.123. The minimum absolute atomic E-state index is 0.0663. The van der Waals surface area contributed by atoms with E-state index in [0.29, 0.717) is 31.3 Å². The van der Waals surface area contributed by atoms with Crippen molar-refractivity contribution in [1.29, 1.82) is 0 Å². The maximum absolute atomic E-state index is 13.3. The molecule has 1 fully saturated rings. The summed E-state index contributed by atoms with van der Waals surface area (Å²) in [7, 11) is -2.27. The van der Waals surface area contributed by atoms with Gasteiger partial charge in [-0.2, -0.15) is 4.31 Å². The molecule has 1 unspecified atom stereocenters. The minimum Gasteiger partial charge on any atom is -0.480 e. The average Bonchev–Trinajstić information content (AvgIpc) is 2.61. The molecule has 3 rings (SSSR count). The fourth-order valence-corrected chi connectivity index (χ4v) is 4.47. The van der Waals surface area contributed by atoms with Gasteiger partial charge in [0.2, 0.25) is 21.8 Å². The van der Waals surface area contributed by atoms with Crippen molar-refractivity contribution in [2.24, 2.45) is 0 Å². The van der Waals surface area contributed by atoms with Crippen LogP contribution in [0.1, 0.15) is 18.4 Å². The van der Waals surface area contributed by atoms with E-state index in [2.05, 4.69) is 10.2 Å². The van der Waals surface area contributed by atoms with E-state index >= 15 is 0 Å². The van der Waals surface area contributed by atoms with E-state index in [0.717, 1.165) is 12.1 Å². The molecule has 27 heavy (non-hydrogen) atoms. The predicted octanol–water partition coefficient (Wildman–Crippen LogP) is 2.14. The lowest BCUT2D eigenvalue weighted by Crippen LogP contribution is -2.44. The van der Waals surface area contributed by atoms with Crippen molar-refractivity contribution in [3.05, 3.63) is 47.5 Å². The number of piperidine rings is 1. The zero-order valence-electron chi connectivity index (χ0n) is 14.6. The van der Waals surface area contributed by atoms with E-state index in [1.807, 2.05) is 0 Å². The van der Waals surface area contributed by atoms with E-state index in [9.17, 15) is 17.2 Å². The van der Waals surface area contributed by atoms with Crippen LogP contribution in [0.4, 0.5) is 8.78 Å². The second-order valence-electron chi connectivity index (χ2n) is 6.19. The number of sulfonamides is 1. The lowest BCUT2D eigenvalue weighted by atomic mass is 10.1. The fraction of sp³-hybridized carbons (Fsp3) is 0.412. The first-order valence-electron chi connectivity index (χ1n) is 8.33. The number of halogens is 2. The SMILES string of the molecule is COc1ccc(OC2CCCN(S(=O)(=O)Cc3cc(F)cc(F)c3)C2)nn1. The Morgan fingerprint density at radius 3 is 2.44 bits per heavy atom. The minimum atomic E-state index is -3.74. The third-order valence-electron chi connectivity index (χ3n) is 4.12. The third kappa shape index (κ3) is 5.10. The molecule has 2 heterocycles. The first kappa shape index (κ1) is 19.4. The summed E-state index contributed by atoms with van der Waals surface area (Å²) in [4.78, 5) is 0. The second kappa shape index (κ2) is 8.13. The molecular formula is C17H19F2N3O4S. The van der Waals surface area contributed by atoms with Gasteiger partial charge in [0.05, 0.1) is 19.4 Å². The van der Waals surface area contributed by atoms with E-state index in [-0.39, 0.29) is 24.1 Å². The monoisotopic (exact) mass is 399 g/mol. The molecule has 0 aliphatic carbocycles. The van der Waals surface area contributed by atoms with Crippen LogP contribution in [-0.2, 0) is 15.8 Å². The highest BCUT2D eigenvalue weighted by Gasteiger charge is 2.30. The Labute approximate surface area is 156 Å². The second-order valence-corrected chi connectivity index (χ2v) is 8.16. The van der Waals surface area contributed by atoms with Gasteiger partial charge in [-0.1, -0.05) is 0 Å². The van der Waals surface area contributed by atoms with Crippen LogP contribution in [0.2, 0.25) is 0 Å². The molecule has 146 valence electrons. The Hall–Kier alpha value is -2.33. The van der Waals surface area contributed by atoms with Crippen LogP contribution in [0.15, 0.2) is 30.3 Å². The average molecular weight is 399 g/mol. The molecule has 0 N–H and O–H groups in total. The first-order chi connectivity index (χ1) is 12.9. The van der Waals surface area contributed by atoms with Gasteiger partial charge in [0.1, 0.15) is 17.7 Å². The van der Waals surface area contributed by atoms with Crippen LogP contribution >= 0.6 is 0 Å². The van der Waals surface area contributed by atoms with Crippen molar-refractivity contribution in [1.82, 2.24) is 14.5 Å². The van der Waals surface area contributed by atoms with Crippen LogP contribution in [0, 0.1) is 11.6 Å². The van der Waals surface area contributed by atoms with Gasteiger partial charge in [-0.25, -0.2) is 17.2 Å². The number of aromatic nitrogens is 2. The fourth-order valence-electron chi connectivity index (χ4n) is 2.90. The molecule has 0 saturated carbocycles. The van der Waals surface area contributed by atoms with E-state index in [4.69, 9.17) is 9.47 Å². The molecule has 0 bridgehead atoms. The van der Waals surface area contributed by atoms with Gasteiger partial charge < -0.3 is 9.47 Å². The Morgan fingerprint density at radius 1 is 1.15 bits per heavy atom. The van der Waals surface area contributed by atoms with Gasteiger partial charge in [-0.3, -0.25) is 0 Å². The summed E-state index contributed by atoms with van der Waals surface area (Å²) < 4.78 is 63.8. The summed E-state index contributed by atoms with van der Waals surface area (Å²) in [5, 5.41) is 7.67. The van der Waals surface area contributed by atoms with Crippen LogP contribution in [0.25, 0.3) is 0 Å². The van der Waals surface area contributed by atoms with Gasteiger partial charge in [0.15, 0.2) is 0 Å². The smallest absolute Gasteiger partial charge is 0.233 e. The van der Waals surface area contributed by atoms with Crippen LogP contribution in [0.3, 0.4) is 0 Å². The molecule has 1 aliphatic heterocycles. The van der Waals surface area contributed by atoms with Gasteiger partial charge in [-0.05, 0) is 30.5 Å². The number of hydrogen-bond acceptors (Lipinski definition) is 6. The Bertz CT molecular complexity index is 873. The normalized spacial score (nSPS) is 18.3. The summed E-state index contributed by atoms with van der Waals surface area (Å²) in [6.07, 6.45) is 0.875. The van der Waals surface area contributed by atoms with Crippen LogP contribution in [0.5, 0.6) is 11.8 Å². The summed E-state index contributed by atoms with van der Waals surface area (Å²) in [6.45, 7) is 0.460. The Balaban J connectivity index is 1.66. The Kier molecular flexibility index (Phi) is 5.85. The summed E-state index contributed by atoms with van der Waals surface area (Å²) in [5.74, 6) is -1.47. The highest BCUT2D eigenvalue weighted by atomic mass is 32.2. The first-order valence-corrected chi connectivity index (χ1v) is 9.94. The molecule has 0 radical (unpaired) electrons. The van der Waals surface area contributed by atoms with Crippen LogP contribution < -0.4 is 9.47 Å². The standard InChI is InChI=1S/C17H19F2N3O4S/c1-25-16-4-5-17(21-20-16)26-15-3-2-6-22(10-15)27(23,24)11-12-7-13(18)9-14(19)8-12/h4-5,7-9,15H,2-3,6,10-11H2,1H3. The number of hydrogen-bond donors (Lipinski definition) is 0. The molecule has 2 aromatic rings. The number of nitrogens with zero attached hydrogens (tertiary/aromatic N) is 3. The Morgan fingerprint density at radius 2 is 1.81 bits per heavy atom. The lowest BCUT2D eigenvalue weighted by Gasteiger charge is -2.31. The number of methoxy groups -OCH3 is 1. The molecule has 0 amide bonds. The summed E-state index contributed by atoms with van der Waals surface area (Å²) in [5.41, 5.74) is 0.0663. The van der Waals surface area contributed by atoms with Gasteiger partial charge in [0, 0.05) is 24.7 Å². The summed E-state index contributed by atoms with van der Waals surface area (Å²) in [6, 6.07) is 5.93. The maximum Gasteiger partial charge on any atom is 0.233 e. The molecule has 1 aromatic carbocycles. The zero-order valence-corrected chi connectivity index (χ0v) is 15.5. The third-order valence-corrected chi connectivity index (χ3v) is 5.93. The van der Waals surface area contributed by atoms with Gasteiger partial charge in [-0.15, -0.1) is 10.2 Å². The summed E-state index contributed by atoms with van der Waals surface area (Å²) >= 11 is 0. The van der Waals surface area contributed by atoms with Crippen LogP contribution in [-0.4, -0.2) is 49.2 Å². The zero-order chi connectivity index (χ0) is 19.4. The number of ether oxygens (including phenoxy) is 2. The number of rotatable bonds is 6. The molecule has 1 saturated heterocycles. The molecule has 1 aromatic heterocycles. The van der Waals surface area contributed by atoms with Gasteiger partial charge in [0.25, 0.3) is 0 Å². The van der Waals surface area contributed by atoms with Crippen molar-refractivity contribution in [2.45, 2.75) is 24.7 Å². The van der Waals surface area contributed by atoms with E-state index in [1.165, 1.54) is 11.4 Å². The molecule has 1 aliphatic rings. The topological polar surface area (TPSA) is 81.6 Å². The molecule has 0 spiro atoms. The maximum atomic E-state index is 13.3. The van der Waals surface area contributed by atoms with Crippen molar-refractivity contribution in [3.63, 3.8) is 0 Å². The van der Waals surface area contributed by atoms with Gasteiger partial charge >= 0.3 is 0 Å². The highest BCUT2D eigenvalue weighted by molar-refractivity contribution is 7.88. The highest BCUT2D eigenvalue weighted by Crippen LogP contribution is 2.22. The molecule has 1 atom stereocenters. The quantitative estimate of drug-likeness (QED) is 0.740. The number of benzene rings is 1. The van der Waals surface area contributed by atoms with Crippen molar-refractivity contribution in [2.75, 3.05) is 20.2 Å². The van der Waals surface area contributed by atoms with E-state index < -0.39 is 27.4 Å². The molecule has 7 nitrogen and oxygen atoms in total.